The van der Waals surface area contributed by atoms with E-state index >= 15 is 0 Å². The maximum absolute atomic E-state index is 5.66. The summed E-state index contributed by atoms with van der Waals surface area (Å²) >= 11 is 0. The van der Waals surface area contributed by atoms with Crippen LogP contribution in [0.4, 0.5) is 0 Å². The number of ether oxygens (including phenoxy) is 1. The summed E-state index contributed by atoms with van der Waals surface area (Å²) in [6.45, 7) is 2.17. The lowest BCUT2D eigenvalue weighted by Crippen LogP contribution is -2.31. The zero-order valence-corrected chi connectivity index (χ0v) is 15.0. The van der Waals surface area contributed by atoms with Crippen molar-refractivity contribution < 1.29 is 4.74 Å². The first-order chi connectivity index (χ1) is 12.4. The van der Waals surface area contributed by atoms with Crippen LogP contribution < -0.4 is 4.74 Å². The number of aromatic nitrogens is 4. The molecule has 1 saturated heterocycles. The quantitative estimate of drug-likeness (QED) is 0.834. The summed E-state index contributed by atoms with van der Waals surface area (Å²) in [6, 6.07) is 8.78. The van der Waals surface area contributed by atoms with E-state index in [1.54, 1.807) is 7.11 Å². The Morgan fingerprint density at radius 2 is 1.80 bits per heavy atom. The molecule has 2 aromatic rings. The Morgan fingerprint density at radius 1 is 1.04 bits per heavy atom. The van der Waals surface area contributed by atoms with Crippen molar-refractivity contribution in [2.75, 3.05) is 20.2 Å². The Bertz CT molecular complexity index is 689. The van der Waals surface area contributed by atoms with Crippen LogP contribution in [0.1, 0.15) is 68.4 Å². The van der Waals surface area contributed by atoms with E-state index in [4.69, 9.17) is 4.74 Å². The molecular formula is C19H27N5O. The number of para-hydroxylation sites is 1. The van der Waals surface area contributed by atoms with Crippen LogP contribution in [0.5, 0.6) is 5.75 Å². The fourth-order valence-electron chi connectivity index (χ4n) is 4.36. The van der Waals surface area contributed by atoms with Gasteiger partial charge in [0.2, 0.25) is 0 Å². The molecule has 6 nitrogen and oxygen atoms in total. The molecule has 2 aliphatic rings. The van der Waals surface area contributed by atoms with Crippen molar-refractivity contribution in [3.63, 3.8) is 0 Å². The van der Waals surface area contributed by atoms with Crippen molar-refractivity contribution in [2.45, 2.75) is 57.0 Å². The van der Waals surface area contributed by atoms with Crippen molar-refractivity contribution in [1.29, 1.82) is 0 Å². The number of nitrogens with zero attached hydrogens (tertiary/aromatic N) is 5. The number of tetrazole rings is 1. The van der Waals surface area contributed by atoms with Gasteiger partial charge in [0, 0.05) is 5.56 Å². The van der Waals surface area contributed by atoms with Gasteiger partial charge in [-0.2, -0.15) is 0 Å². The number of methoxy groups -OCH3 is 1. The molecule has 1 aliphatic heterocycles. The van der Waals surface area contributed by atoms with Gasteiger partial charge in [-0.05, 0) is 55.3 Å². The van der Waals surface area contributed by atoms with Crippen molar-refractivity contribution in [2.24, 2.45) is 0 Å². The summed E-state index contributed by atoms with van der Waals surface area (Å²) in [6.07, 6.45) is 8.69. The average Bonchev–Trinajstić information content (AvgIpc) is 3.36. The number of hydrogen-bond donors (Lipinski definition) is 0. The van der Waals surface area contributed by atoms with E-state index in [-0.39, 0.29) is 6.04 Å². The van der Waals surface area contributed by atoms with Crippen molar-refractivity contribution in [3.05, 3.63) is 35.7 Å². The normalized spacial score (nSPS) is 20.7. The zero-order valence-electron chi connectivity index (χ0n) is 15.0. The van der Waals surface area contributed by atoms with Gasteiger partial charge in [0.25, 0.3) is 0 Å². The molecule has 0 N–H and O–H groups in total. The molecule has 2 heterocycles. The second-order valence-electron chi connectivity index (χ2n) is 7.16. The van der Waals surface area contributed by atoms with Crippen LogP contribution in [0.25, 0.3) is 0 Å². The molecule has 0 radical (unpaired) electrons. The predicted octanol–water partition coefficient (Wildman–Crippen LogP) is 3.37. The molecule has 0 amide bonds. The first-order valence-corrected chi connectivity index (χ1v) is 9.53. The predicted molar refractivity (Wildman–Crippen MR) is 95.6 cm³/mol. The molecule has 1 unspecified atom stereocenters. The molecule has 1 saturated carbocycles. The van der Waals surface area contributed by atoms with E-state index in [0.29, 0.717) is 6.04 Å². The Morgan fingerprint density at radius 3 is 2.56 bits per heavy atom. The lowest BCUT2D eigenvalue weighted by molar-refractivity contribution is 0.240. The minimum Gasteiger partial charge on any atom is -0.496 e. The molecular weight excluding hydrogens is 314 g/mol. The zero-order chi connectivity index (χ0) is 17.1. The Balaban J connectivity index is 1.75. The minimum absolute atomic E-state index is 0.0653. The maximum atomic E-state index is 5.66. The third-order valence-corrected chi connectivity index (χ3v) is 5.62. The van der Waals surface area contributed by atoms with Crippen LogP contribution in [0.15, 0.2) is 24.3 Å². The molecule has 134 valence electrons. The highest BCUT2D eigenvalue weighted by molar-refractivity contribution is 5.39. The van der Waals surface area contributed by atoms with Gasteiger partial charge in [-0.15, -0.1) is 5.10 Å². The summed E-state index contributed by atoms with van der Waals surface area (Å²) in [5, 5.41) is 13.0. The lowest BCUT2D eigenvalue weighted by atomic mass is 9.95. The van der Waals surface area contributed by atoms with E-state index in [9.17, 15) is 0 Å². The van der Waals surface area contributed by atoms with Crippen LogP contribution in [0.3, 0.4) is 0 Å². The van der Waals surface area contributed by atoms with Gasteiger partial charge >= 0.3 is 0 Å². The molecule has 0 bridgehead atoms. The second-order valence-corrected chi connectivity index (χ2v) is 7.16. The van der Waals surface area contributed by atoms with Crippen molar-refractivity contribution in [3.8, 4) is 5.75 Å². The average molecular weight is 341 g/mol. The maximum Gasteiger partial charge on any atom is 0.173 e. The molecule has 1 aromatic heterocycles. The smallest absolute Gasteiger partial charge is 0.173 e. The van der Waals surface area contributed by atoms with Gasteiger partial charge in [-0.1, -0.05) is 37.5 Å². The van der Waals surface area contributed by atoms with Gasteiger partial charge in [0.1, 0.15) is 11.8 Å². The summed E-state index contributed by atoms with van der Waals surface area (Å²) in [4.78, 5) is 2.50. The molecule has 1 atom stereocenters. The fourth-order valence-corrected chi connectivity index (χ4v) is 4.36. The molecule has 0 spiro atoms. The summed E-state index contributed by atoms with van der Waals surface area (Å²) in [5.41, 5.74) is 1.17. The third-order valence-electron chi connectivity index (χ3n) is 5.62. The first-order valence-electron chi connectivity index (χ1n) is 9.53. The highest BCUT2D eigenvalue weighted by Gasteiger charge is 2.33. The van der Waals surface area contributed by atoms with Crippen LogP contribution in [0.2, 0.25) is 0 Å². The Labute approximate surface area is 149 Å². The standard InChI is InChI=1S/C19H27N5O/c1-25-17-12-6-5-11-16(17)18(23-13-7-8-14-23)19-20-21-22-24(19)15-9-3-2-4-10-15/h5-6,11-12,15,18H,2-4,7-10,13-14H2,1H3. The van der Waals surface area contributed by atoms with Gasteiger partial charge < -0.3 is 4.74 Å². The number of likely N-dealkylation sites (tertiary alicyclic amines) is 1. The summed E-state index contributed by atoms with van der Waals surface area (Å²) < 4.78 is 7.77. The Kier molecular flexibility index (Phi) is 4.97. The van der Waals surface area contributed by atoms with E-state index in [1.165, 1.54) is 50.5 Å². The second kappa shape index (κ2) is 7.52. The number of rotatable bonds is 5. The van der Waals surface area contributed by atoms with Crippen LogP contribution in [0, 0.1) is 0 Å². The molecule has 2 fully saturated rings. The topological polar surface area (TPSA) is 56.1 Å². The van der Waals surface area contributed by atoms with Crippen molar-refractivity contribution >= 4 is 0 Å². The SMILES string of the molecule is COc1ccccc1C(c1nnnn1C1CCCCC1)N1CCCC1. The van der Waals surface area contributed by atoms with Crippen molar-refractivity contribution in [1.82, 2.24) is 25.1 Å². The molecule has 25 heavy (non-hydrogen) atoms. The van der Waals surface area contributed by atoms with Crippen LogP contribution >= 0.6 is 0 Å². The molecule has 1 aromatic carbocycles. The van der Waals surface area contributed by atoms with Gasteiger partial charge in [-0.3, -0.25) is 4.90 Å². The molecule has 4 rings (SSSR count). The highest BCUT2D eigenvalue weighted by atomic mass is 16.5. The first kappa shape index (κ1) is 16.5. The van der Waals surface area contributed by atoms with E-state index in [2.05, 4.69) is 37.2 Å². The lowest BCUT2D eigenvalue weighted by Gasteiger charge is -2.30. The molecule has 1 aliphatic carbocycles. The van der Waals surface area contributed by atoms with Gasteiger partial charge in [0.05, 0.1) is 13.2 Å². The molecule has 6 heteroatoms. The van der Waals surface area contributed by atoms with E-state index < -0.39 is 0 Å². The highest BCUT2D eigenvalue weighted by Crippen LogP contribution is 2.37. The van der Waals surface area contributed by atoms with Gasteiger partial charge in [0.15, 0.2) is 5.82 Å². The van der Waals surface area contributed by atoms with Crippen LogP contribution in [-0.2, 0) is 0 Å². The monoisotopic (exact) mass is 341 g/mol. The third kappa shape index (κ3) is 3.27. The minimum atomic E-state index is 0.0653. The number of benzene rings is 1. The van der Waals surface area contributed by atoms with E-state index in [1.807, 2.05) is 12.1 Å². The fraction of sp³-hybridized carbons (Fsp3) is 0.632. The Hall–Kier alpha value is -1.95. The van der Waals surface area contributed by atoms with E-state index in [0.717, 1.165) is 24.7 Å². The van der Waals surface area contributed by atoms with Gasteiger partial charge in [-0.25, -0.2) is 4.68 Å². The largest absolute Gasteiger partial charge is 0.496 e. The summed E-state index contributed by atoms with van der Waals surface area (Å²) in [7, 11) is 1.74. The van der Waals surface area contributed by atoms with Crippen LogP contribution in [-0.4, -0.2) is 45.3 Å². The number of hydrogen-bond acceptors (Lipinski definition) is 5. The summed E-state index contributed by atoms with van der Waals surface area (Å²) in [5.74, 6) is 1.89.